The first-order chi connectivity index (χ1) is 16.2. The molecule has 0 radical (unpaired) electrons. The van der Waals surface area contributed by atoms with Crippen LogP contribution in [0, 0.1) is 20.8 Å². The van der Waals surface area contributed by atoms with Gasteiger partial charge in [0.05, 0.1) is 6.16 Å². The first-order valence-electron chi connectivity index (χ1n) is 11.1. The molecule has 0 heterocycles. The molecule has 0 aliphatic heterocycles. The lowest BCUT2D eigenvalue weighted by Gasteiger charge is -2.29. The molecule has 182 valence electrons. The predicted molar refractivity (Wildman–Crippen MR) is 136 cm³/mol. The van der Waals surface area contributed by atoms with E-state index in [1.807, 2.05) is 32.0 Å². The molecule has 0 atom stereocenters. The number of rotatable bonds is 6. The van der Waals surface area contributed by atoms with Crippen LogP contribution in [0.1, 0.15) is 22.3 Å². The summed E-state index contributed by atoms with van der Waals surface area (Å²) in [7, 11) is -2.17. The molecule has 35 heavy (non-hydrogen) atoms. The van der Waals surface area contributed by atoms with Crippen LogP contribution in [0.25, 0.3) is 0 Å². The zero-order valence-electron chi connectivity index (χ0n) is 19.8. The molecule has 4 aromatic carbocycles. The molecule has 0 spiro atoms. The van der Waals surface area contributed by atoms with Gasteiger partial charge in [0.1, 0.15) is 28.9 Å². The summed E-state index contributed by atoms with van der Waals surface area (Å²) in [5.41, 5.74) is 3.23. The van der Waals surface area contributed by atoms with E-state index in [4.69, 9.17) is 0 Å². The molecular weight excluding hydrogens is 488 g/mol. The normalized spacial score (nSPS) is 11.6. The minimum Gasteiger partial charge on any atom is -1.00 e. The molecule has 0 fully saturated rings. The lowest BCUT2D eigenvalue weighted by atomic mass is 9.98. The van der Waals surface area contributed by atoms with Crippen molar-refractivity contribution in [2.24, 2.45) is 0 Å². The highest BCUT2D eigenvalue weighted by Crippen LogP contribution is 2.59. The number of alkyl halides is 3. The topological polar surface area (TPSA) is 9.23 Å². The highest BCUT2D eigenvalue weighted by atomic mass is 35.5. The Labute approximate surface area is 211 Å². The van der Waals surface area contributed by atoms with Crippen LogP contribution in [0.4, 0.5) is 13.2 Å². The number of hydrogen-bond acceptors (Lipinski definition) is 1. The lowest BCUT2D eigenvalue weighted by Crippen LogP contribution is -3.00. The molecular formula is C29H27ClF3OP. The van der Waals surface area contributed by atoms with Gasteiger partial charge in [0.15, 0.2) is 0 Å². The monoisotopic (exact) mass is 514 g/mol. The van der Waals surface area contributed by atoms with Crippen LogP contribution in [-0.2, 0) is 6.16 Å². The van der Waals surface area contributed by atoms with E-state index in [-0.39, 0.29) is 18.2 Å². The van der Waals surface area contributed by atoms with Crippen molar-refractivity contribution < 1.29 is 30.3 Å². The third-order valence-corrected chi connectivity index (χ3v) is 10.7. The van der Waals surface area contributed by atoms with Crippen LogP contribution in [-0.4, -0.2) is 6.36 Å². The van der Waals surface area contributed by atoms with Crippen LogP contribution in [0.2, 0.25) is 0 Å². The average Bonchev–Trinajstić information content (AvgIpc) is 2.83. The second-order valence-corrected chi connectivity index (χ2v) is 11.9. The highest BCUT2D eigenvalue weighted by molar-refractivity contribution is 7.95. The Kier molecular flexibility index (Phi) is 8.30. The molecule has 0 N–H and O–H groups in total. The lowest BCUT2D eigenvalue weighted by molar-refractivity contribution is -0.274. The summed E-state index contributed by atoms with van der Waals surface area (Å²) in [6.07, 6.45) is -4.02. The summed E-state index contributed by atoms with van der Waals surface area (Å²) in [4.78, 5) is 0. The molecule has 0 saturated heterocycles. The first kappa shape index (κ1) is 26.8. The van der Waals surface area contributed by atoms with Gasteiger partial charge >= 0.3 is 6.36 Å². The van der Waals surface area contributed by atoms with E-state index in [0.29, 0.717) is 11.7 Å². The first-order valence-corrected chi connectivity index (χ1v) is 13.1. The van der Waals surface area contributed by atoms with Crippen molar-refractivity contribution in [2.45, 2.75) is 33.3 Å². The molecule has 6 heteroatoms. The van der Waals surface area contributed by atoms with Crippen molar-refractivity contribution in [1.29, 1.82) is 0 Å². The maximum atomic E-state index is 13.0. The van der Waals surface area contributed by atoms with Crippen LogP contribution in [0.3, 0.4) is 0 Å². The maximum absolute atomic E-state index is 13.0. The third kappa shape index (κ3) is 5.55. The van der Waals surface area contributed by atoms with E-state index >= 15 is 0 Å². The summed E-state index contributed by atoms with van der Waals surface area (Å²) >= 11 is 0. The number of halogens is 4. The fraction of sp³-hybridized carbons (Fsp3) is 0.172. The Morgan fingerprint density at radius 3 is 1.43 bits per heavy atom. The van der Waals surface area contributed by atoms with Gasteiger partial charge in [0.25, 0.3) is 0 Å². The quantitative estimate of drug-likeness (QED) is 0.353. The van der Waals surface area contributed by atoms with Gasteiger partial charge in [-0.3, -0.25) is 0 Å². The minimum atomic E-state index is -4.72. The van der Waals surface area contributed by atoms with Crippen molar-refractivity contribution in [3.05, 3.63) is 119 Å². The van der Waals surface area contributed by atoms with Crippen molar-refractivity contribution >= 4 is 23.2 Å². The standard InChI is InChI=1S/C29H27F3OP.ClH/c1-21-19-28(33-29(30,31)32)23(3)22(2)27(21)20-34(24-13-7-4-8-14-24,25-15-9-5-10-16-25)26-17-11-6-12-18-26;/h4-19H,20H2,1-3H3;1H/q+1;/p-1. The Morgan fingerprint density at radius 2 is 1.06 bits per heavy atom. The van der Waals surface area contributed by atoms with Crippen LogP contribution >= 0.6 is 7.26 Å². The molecule has 4 aromatic rings. The zero-order valence-corrected chi connectivity index (χ0v) is 21.5. The highest BCUT2D eigenvalue weighted by Gasteiger charge is 2.46. The Balaban J connectivity index is 0.00000342. The minimum absolute atomic E-state index is 0. The van der Waals surface area contributed by atoms with Gasteiger partial charge in [-0.15, -0.1) is 13.2 Å². The molecule has 0 unspecified atom stereocenters. The SMILES string of the molecule is Cc1cc(OC(F)(F)F)c(C)c(C)c1C[P+](c1ccccc1)(c1ccccc1)c1ccccc1.[Cl-]. The van der Waals surface area contributed by atoms with Gasteiger partial charge < -0.3 is 17.1 Å². The van der Waals surface area contributed by atoms with Gasteiger partial charge in [-0.1, -0.05) is 54.6 Å². The number of aryl methyl sites for hydroxylation is 1. The van der Waals surface area contributed by atoms with Gasteiger partial charge in [-0.05, 0) is 85.5 Å². The van der Waals surface area contributed by atoms with Gasteiger partial charge in [-0.25, -0.2) is 0 Å². The Morgan fingerprint density at radius 1 is 0.657 bits per heavy atom. The molecule has 0 amide bonds. The number of ether oxygens (including phenoxy) is 1. The van der Waals surface area contributed by atoms with Crippen molar-refractivity contribution in [3.8, 4) is 5.75 Å². The fourth-order valence-electron chi connectivity index (χ4n) is 4.58. The Bertz CT molecular complexity index is 1160. The smallest absolute Gasteiger partial charge is 0.573 e. The molecule has 0 saturated carbocycles. The molecule has 4 rings (SSSR count). The average molecular weight is 515 g/mol. The largest absolute Gasteiger partial charge is 1.00 e. The van der Waals surface area contributed by atoms with Gasteiger partial charge in [0.2, 0.25) is 0 Å². The van der Waals surface area contributed by atoms with E-state index < -0.39 is 13.6 Å². The van der Waals surface area contributed by atoms with Gasteiger partial charge in [0, 0.05) is 0 Å². The molecule has 1 nitrogen and oxygen atoms in total. The van der Waals surface area contributed by atoms with E-state index in [0.717, 1.165) is 16.7 Å². The van der Waals surface area contributed by atoms with Crippen molar-refractivity contribution in [3.63, 3.8) is 0 Å². The van der Waals surface area contributed by atoms with Crippen LogP contribution in [0.15, 0.2) is 97.1 Å². The van der Waals surface area contributed by atoms with E-state index in [1.54, 1.807) is 6.92 Å². The maximum Gasteiger partial charge on any atom is 0.573 e. The summed E-state index contributed by atoms with van der Waals surface area (Å²) in [6.45, 7) is 5.48. The second-order valence-electron chi connectivity index (χ2n) is 8.44. The van der Waals surface area contributed by atoms with E-state index in [9.17, 15) is 13.2 Å². The fourth-order valence-corrected chi connectivity index (χ4v) is 9.02. The Hall–Kier alpha value is -2.81. The second kappa shape index (κ2) is 10.8. The van der Waals surface area contributed by atoms with Crippen molar-refractivity contribution in [1.82, 2.24) is 0 Å². The molecule has 0 aliphatic carbocycles. The molecule has 0 aliphatic rings. The number of hydrogen-bond donors (Lipinski definition) is 0. The third-order valence-electron chi connectivity index (χ3n) is 6.42. The number of benzene rings is 4. The van der Waals surface area contributed by atoms with Gasteiger partial charge in [-0.2, -0.15) is 0 Å². The van der Waals surface area contributed by atoms with Crippen LogP contribution in [0.5, 0.6) is 5.75 Å². The van der Waals surface area contributed by atoms with E-state index in [1.165, 1.54) is 22.0 Å². The van der Waals surface area contributed by atoms with E-state index in [2.05, 4.69) is 77.5 Å². The summed E-state index contributed by atoms with van der Waals surface area (Å²) in [5.74, 6) is -0.130. The zero-order chi connectivity index (χ0) is 24.3. The molecule has 0 bridgehead atoms. The predicted octanol–water partition coefficient (Wildman–Crippen LogP) is 4.01. The molecule has 0 aromatic heterocycles. The van der Waals surface area contributed by atoms with Crippen LogP contribution < -0.4 is 33.1 Å². The van der Waals surface area contributed by atoms with Crippen molar-refractivity contribution in [2.75, 3.05) is 0 Å². The summed E-state index contributed by atoms with van der Waals surface area (Å²) in [5, 5.41) is 3.71. The summed E-state index contributed by atoms with van der Waals surface area (Å²) in [6, 6.07) is 32.9. The summed E-state index contributed by atoms with van der Waals surface area (Å²) < 4.78 is 43.4.